The fourth-order valence-corrected chi connectivity index (χ4v) is 4.46. The minimum Gasteiger partial charge on any atom is -0.316 e. The van der Waals surface area contributed by atoms with E-state index in [1.54, 1.807) is 12.1 Å². The van der Waals surface area contributed by atoms with Crippen LogP contribution in [0.15, 0.2) is 24.3 Å². The lowest BCUT2D eigenvalue weighted by Gasteiger charge is -2.50. The highest BCUT2D eigenvalue weighted by Gasteiger charge is 2.45. The maximum atomic E-state index is 14.3. The molecule has 1 heterocycles. The summed E-state index contributed by atoms with van der Waals surface area (Å²) in [6.07, 6.45) is 5.02. The summed E-state index contributed by atoms with van der Waals surface area (Å²) in [5.41, 5.74) is 1.25. The van der Waals surface area contributed by atoms with Crippen molar-refractivity contribution in [1.82, 2.24) is 5.32 Å². The SMILES string of the molecule is CC1CCC2(CCNCC2c2ccccc2F)CC1C. The molecular weight excluding hydrogens is 249 g/mol. The summed E-state index contributed by atoms with van der Waals surface area (Å²) in [6.45, 7) is 6.77. The van der Waals surface area contributed by atoms with Gasteiger partial charge in [-0.05, 0) is 61.1 Å². The van der Waals surface area contributed by atoms with Crippen molar-refractivity contribution in [3.63, 3.8) is 0 Å². The van der Waals surface area contributed by atoms with Crippen LogP contribution >= 0.6 is 0 Å². The van der Waals surface area contributed by atoms with Crippen molar-refractivity contribution in [1.29, 1.82) is 0 Å². The maximum absolute atomic E-state index is 14.3. The van der Waals surface area contributed by atoms with E-state index < -0.39 is 0 Å². The Morgan fingerprint density at radius 3 is 2.70 bits per heavy atom. The van der Waals surface area contributed by atoms with Crippen LogP contribution in [0.25, 0.3) is 0 Å². The molecule has 3 rings (SSSR count). The Kier molecular flexibility index (Phi) is 3.85. The summed E-state index contributed by atoms with van der Waals surface area (Å²) in [5.74, 6) is 1.90. The number of rotatable bonds is 1. The summed E-state index contributed by atoms with van der Waals surface area (Å²) in [4.78, 5) is 0. The number of benzene rings is 1. The van der Waals surface area contributed by atoms with Crippen LogP contribution in [0.5, 0.6) is 0 Å². The average molecular weight is 275 g/mol. The van der Waals surface area contributed by atoms with Gasteiger partial charge in [0.1, 0.15) is 5.82 Å². The number of halogens is 1. The molecule has 0 radical (unpaired) electrons. The van der Waals surface area contributed by atoms with Gasteiger partial charge in [0.15, 0.2) is 0 Å². The molecule has 1 aromatic rings. The molecule has 4 atom stereocenters. The minimum absolute atomic E-state index is 0.0214. The van der Waals surface area contributed by atoms with Gasteiger partial charge in [0.25, 0.3) is 0 Å². The first-order valence-electron chi connectivity index (χ1n) is 8.07. The molecule has 110 valence electrons. The van der Waals surface area contributed by atoms with Gasteiger partial charge in [0.2, 0.25) is 0 Å². The average Bonchev–Trinajstić information content (AvgIpc) is 2.45. The normalized spacial score (nSPS) is 38.0. The number of hydrogen-bond donors (Lipinski definition) is 1. The van der Waals surface area contributed by atoms with Crippen LogP contribution < -0.4 is 5.32 Å². The van der Waals surface area contributed by atoms with Crippen molar-refractivity contribution in [2.75, 3.05) is 13.1 Å². The fourth-order valence-electron chi connectivity index (χ4n) is 4.46. The highest BCUT2D eigenvalue weighted by Crippen LogP contribution is 2.54. The monoisotopic (exact) mass is 275 g/mol. The van der Waals surface area contributed by atoms with E-state index >= 15 is 0 Å². The molecule has 1 spiro atoms. The van der Waals surface area contributed by atoms with E-state index in [2.05, 4.69) is 19.2 Å². The Hall–Kier alpha value is -0.890. The Labute approximate surface area is 122 Å². The van der Waals surface area contributed by atoms with E-state index in [4.69, 9.17) is 0 Å². The second-order valence-corrected chi connectivity index (χ2v) is 7.09. The Balaban J connectivity index is 1.94. The minimum atomic E-state index is -0.0214. The molecule has 4 unspecified atom stereocenters. The van der Waals surface area contributed by atoms with Gasteiger partial charge < -0.3 is 5.32 Å². The van der Waals surface area contributed by atoms with Crippen molar-refractivity contribution in [2.45, 2.75) is 45.4 Å². The Morgan fingerprint density at radius 1 is 1.15 bits per heavy atom. The highest BCUT2D eigenvalue weighted by atomic mass is 19.1. The van der Waals surface area contributed by atoms with Crippen molar-refractivity contribution < 1.29 is 4.39 Å². The molecule has 2 heteroatoms. The number of hydrogen-bond acceptors (Lipinski definition) is 1. The third-order valence-corrected chi connectivity index (χ3v) is 5.97. The second-order valence-electron chi connectivity index (χ2n) is 7.09. The fraction of sp³-hybridized carbons (Fsp3) is 0.667. The third-order valence-electron chi connectivity index (χ3n) is 5.97. The van der Waals surface area contributed by atoms with E-state index in [1.807, 2.05) is 12.1 Å². The van der Waals surface area contributed by atoms with Gasteiger partial charge in [-0.1, -0.05) is 32.0 Å². The molecule has 1 saturated carbocycles. The lowest BCUT2D eigenvalue weighted by atomic mass is 9.56. The largest absolute Gasteiger partial charge is 0.316 e. The smallest absolute Gasteiger partial charge is 0.126 e. The zero-order chi connectivity index (χ0) is 14.2. The van der Waals surface area contributed by atoms with Crippen LogP contribution in [0.4, 0.5) is 4.39 Å². The topological polar surface area (TPSA) is 12.0 Å². The summed E-state index contributed by atoms with van der Waals surface area (Å²) in [6, 6.07) is 7.40. The van der Waals surface area contributed by atoms with Gasteiger partial charge in [0, 0.05) is 12.5 Å². The van der Waals surface area contributed by atoms with Crippen molar-refractivity contribution >= 4 is 0 Å². The van der Waals surface area contributed by atoms with E-state index in [0.29, 0.717) is 11.3 Å². The lowest BCUT2D eigenvalue weighted by molar-refractivity contribution is 0.0475. The highest BCUT2D eigenvalue weighted by molar-refractivity contribution is 5.26. The van der Waals surface area contributed by atoms with Crippen LogP contribution in [-0.4, -0.2) is 13.1 Å². The molecule has 1 aliphatic heterocycles. The molecule has 0 amide bonds. The van der Waals surface area contributed by atoms with E-state index in [1.165, 1.54) is 25.7 Å². The number of piperidine rings is 1. The van der Waals surface area contributed by atoms with Crippen molar-refractivity contribution in [3.05, 3.63) is 35.6 Å². The first-order chi connectivity index (χ1) is 9.62. The van der Waals surface area contributed by atoms with E-state index in [0.717, 1.165) is 30.5 Å². The second kappa shape index (κ2) is 5.48. The molecule has 1 saturated heterocycles. The first kappa shape index (κ1) is 14.1. The maximum Gasteiger partial charge on any atom is 0.126 e. The number of nitrogens with one attached hydrogen (secondary N) is 1. The first-order valence-corrected chi connectivity index (χ1v) is 8.07. The summed E-state index contributed by atoms with van der Waals surface area (Å²) in [7, 11) is 0. The Bertz CT molecular complexity index is 472. The van der Waals surface area contributed by atoms with Gasteiger partial charge in [0.05, 0.1) is 0 Å². The molecule has 2 aliphatic rings. The van der Waals surface area contributed by atoms with Gasteiger partial charge in [-0.2, -0.15) is 0 Å². The van der Waals surface area contributed by atoms with Crippen LogP contribution in [0.1, 0.15) is 51.0 Å². The van der Waals surface area contributed by atoms with Crippen LogP contribution in [0.3, 0.4) is 0 Å². The van der Waals surface area contributed by atoms with Gasteiger partial charge in [-0.15, -0.1) is 0 Å². The summed E-state index contributed by atoms with van der Waals surface area (Å²) in [5, 5.41) is 3.49. The zero-order valence-electron chi connectivity index (χ0n) is 12.7. The summed E-state index contributed by atoms with van der Waals surface area (Å²) < 4.78 is 14.3. The van der Waals surface area contributed by atoms with Gasteiger partial charge in [-0.3, -0.25) is 0 Å². The predicted molar refractivity (Wildman–Crippen MR) is 81.2 cm³/mol. The van der Waals surface area contributed by atoms with Crippen LogP contribution in [0, 0.1) is 23.1 Å². The lowest BCUT2D eigenvalue weighted by Crippen LogP contribution is -2.47. The molecule has 2 fully saturated rings. The van der Waals surface area contributed by atoms with Gasteiger partial charge >= 0.3 is 0 Å². The predicted octanol–water partition coefficient (Wildman–Crippen LogP) is 4.35. The van der Waals surface area contributed by atoms with Crippen LogP contribution in [-0.2, 0) is 0 Å². The molecule has 1 aromatic carbocycles. The van der Waals surface area contributed by atoms with Crippen LogP contribution in [0.2, 0.25) is 0 Å². The van der Waals surface area contributed by atoms with Crippen molar-refractivity contribution in [2.24, 2.45) is 17.3 Å². The molecule has 1 nitrogen and oxygen atoms in total. The standard InChI is InChI=1S/C18H26FN/c1-13-7-8-18(11-14(13)2)9-10-20-12-16(18)15-5-3-4-6-17(15)19/h3-6,13-14,16,20H,7-12H2,1-2H3. The molecule has 0 aromatic heterocycles. The summed E-state index contributed by atoms with van der Waals surface area (Å²) >= 11 is 0. The zero-order valence-corrected chi connectivity index (χ0v) is 12.7. The molecule has 1 N–H and O–H groups in total. The molecule has 20 heavy (non-hydrogen) atoms. The Morgan fingerprint density at radius 2 is 1.95 bits per heavy atom. The van der Waals surface area contributed by atoms with Crippen molar-refractivity contribution in [3.8, 4) is 0 Å². The van der Waals surface area contributed by atoms with E-state index in [9.17, 15) is 4.39 Å². The van der Waals surface area contributed by atoms with E-state index in [-0.39, 0.29) is 5.82 Å². The molecule has 1 aliphatic carbocycles. The molecular formula is C18H26FN. The quantitative estimate of drug-likeness (QED) is 0.803. The van der Waals surface area contributed by atoms with Gasteiger partial charge in [-0.25, -0.2) is 4.39 Å². The third kappa shape index (κ3) is 2.39. The molecule has 0 bridgehead atoms.